The van der Waals surface area contributed by atoms with Crippen LogP contribution in [0.2, 0.25) is 0 Å². The molecular formula is C12H27NO. The molecule has 0 aromatic carbocycles. The molecule has 2 heteroatoms. The largest absolute Gasteiger partial charge is 0.333 e. The first-order valence-corrected chi connectivity index (χ1v) is 5.68. The third kappa shape index (κ3) is 11.6. The highest BCUT2D eigenvalue weighted by atomic mass is 16.1. The fraction of sp³-hybridized carbons (Fsp3) is 0.917. The summed E-state index contributed by atoms with van der Waals surface area (Å²) in [6.07, 6.45) is 8.12. The second-order valence-corrected chi connectivity index (χ2v) is 3.95. The van der Waals surface area contributed by atoms with Crippen LogP contribution in [0.1, 0.15) is 52.9 Å². The highest BCUT2D eigenvalue weighted by Crippen LogP contribution is 2.25. The first kappa shape index (κ1) is 16.1. The van der Waals surface area contributed by atoms with E-state index in [2.05, 4.69) is 19.6 Å². The SMILES string of the molecule is CC=O.CN.C[C@@H]1CCC[C@H](C)CC1. The summed E-state index contributed by atoms with van der Waals surface area (Å²) >= 11 is 0. The second-order valence-electron chi connectivity index (χ2n) is 3.95. The molecule has 0 saturated heterocycles. The Labute approximate surface area is 89.3 Å². The zero-order valence-electron chi connectivity index (χ0n) is 10.3. The van der Waals surface area contributed by atoms with E-state index in [-0.39, 0.29) is 0 Å². The molecule has 1 fully saturated rings. The summed E-state index contributed by atoms with van der Waals surface area (Å²) < 4.78 is 0. The Bertz CT molecular complexity index is 105. The van der Waals surface area contributed by atoms with E-state index in [9.17, 15) is 0 Å². The van der Waals surface area contributed by atoms with Gasteiger partial charge in [-0.05, 0) is 25.8 Å². The molecule has 0 spiro atoms. The average Bonchev–Trinajstić information content (AvgIpc) is 2.36. The van der Waals surface area contributed by atoms with Gasteiger partial charge in [0.05, 0.1) is 0 Å². The van der Waals surface area contributed by atoms with E-state index in [1.54, 1.807) is 0 Å². The van der Waals surface area contributed by atoms with Crippen molar-refractivity contribution in [3.8, 4) is 0 Å². The molecule has 2 nitrogen and oxygen atoms in total. The van der Waals surface area contributed by atoms with Gasteiger partial charge in [0.2, 0.25) is 0 Å². The minimum atomic E-state index is 0.750. The average molecular weight is 201 g/mol. The number of carbonyl (C=O) groups is 1. The molecule has 0 heterocycles. The normalized spacial score (nSPS) is 25.8. The number of carbonyl (C=O) groups excluding carboxylic acids is 1. The molecule has 1 aliphatic carbocycles. The zero-order valence-corrected chi connectivity index (χ0v) is 10.3. The van der Waals surface area contributed by atoms with Crippen LogP contribution in [-0.2, 0) is 4.79 Å². The zero-order chi connectivity index (χ0) is 11.4. The lowest BCUT2D eigenvalue weighted by Crippen LogP contribution is -1.91. The van der Waals surface area contributed by atoms with E-state index < -0.39 is 0 Å². The van der Waals surface area contributed by atoms with Gasteiger partial charge in [-0.1, -0.05) is 46.0 Å². The van der Waals surface area contributed by atoms with Crippen LogP contribution >= 0.6 is 0 Å². The molecule has 0 aromatic heterocycles. The van der Waals surface area contributed by atoms with Gasteiger partial charge < -0.3 is 10.5 Å². The van der Waals surface area contributed by atoms with Crippen LogP contribution in [0.15, 0.2) is 0 Å². The molecule has 0 amide bonds. The molecule has 0 unspecified atom stereocenters. The molecule has 1 rings (SSSR count). The van der Waals surface area contributed by atoms with Crippen molar-refractivity contribution in [2.45, 2.75) is 52.9 Å². The van der Waals surface area contributed by atoms with Gasteiger partial charge in [0.15, 0.2) is 0 Å². The standard InChI is InChI=1S/C9H18.C2H4O.CH5N/c1-8-4-3-5-9(2)7-6-8;1-2-3;1-2/h8-9H,3-7H2,1-2H3;2H,1H3;2H2,1H3/t8-,9+;;. The summed E-state index contributed by atoms with van der Waals surface area (Å²) in [5.41, 5.74) is 4.50. The first-order chi connectivity index (χ1) is 6.70. The maximum Gasteiger partial charge on any atom is 0.116 e. The van der Waals surface area contributed by atoms with E-state index in [1.807, 2.05) is 0 Å². The van der Waals surface area contributed by atoms with Crippen molar-refractivity contribution in [1.82, 2.24) is 0 Å². The topological polar surface area (TPSA) is 43.1 Å². The van der Waals surface area contributed by atoms with Crippen molar-refractivity contribution in [2.75, 3.05) is 7.05 Å². The van der Waals surface area contributed by atoms with Crippen LogP contribution in [0.25, 0.3) is 0 Å². The molecule has 14 heavy (non-hydrogen) atoms. The Morgan fingerprint density at radius 3 is 1.57 bits per heavy atom. The molecule has 0 radical (unpaired) electrons. The Balaban J connectivity index is 0. The fourth-order valence-corrected chi connectivity index (χ4v) is 1.67. The van der Waals surface area contributed by atoms with Gasteiger partial charge in [0, 0.05) is 0 Å². The number of hydrogen-bond acceptors (Lipinski definition) is 2. The summed E-state index contributed by atoms with van der Waals surface area (Å²) in [4.78, 5) is 8.81. The molecule has 0 bridgehead atoms. The van der Waals surface area contributed by atoms with E-state index >= 15 is 0 Å². The van der Waals surface area contributed by atoms with E-state index in [1.165, 1.54) is 46.1 Å². The lowest BCUT2D eigenvalue weighted by Gasteiger charge is -2.05. The van der Waals surface area contributed by atoms with E-state index in [4.69, 9.17) is 4.79 Å². The van der Waals surface area contributed by atoms with Gasteiger partial charge in [-0.3, -0.25) is 0 Å². The van der Waals surface area contributed by atoms with Gasteiger partial charge >= 0.3 is 0 Å². The van der Waals surface area contributed by atoms with Crippen LogP contribution in [0, 0.1) is 11.8 Å². The van der Waals surface area contributed by atoms with Crippen molar-refractivity contribution >= 4 is 6.29 Å². The van der Waals surface area contributed by atoms with Gasteiger partial charge in [0.1, 0.15) is 6.29 Å². The highest BCUT2D eigenvalue weighted by molar-refractivity contribution is 5.44. The van der Waals surface area contributed by atoms with Gasteiger partial charge in [-0.25, -0.2) is 0 Å². The van der Waals surface area contributed by atoms with Crippen molar-refractivity contribution in [3.63, 3.8) is 0 Å². The van der Waals surface area contributed by atoms with Crippen LogP contribution in [0.4, 0.5) is 0 Å². The van der Waals surface area contributed by atoms with Crippen LogP contribution in [0.5, 0.6) is 0 Å². The Morgan fingerprint density at radius 2 is 1.29 bits per heavy atom. The third-order valence-electron chi connectivity index (χ3n) is 2.55. The molecular weight excluding hydrogens is 174 g/mol. The van der Waals surface area contributed by atoms with E-state index in [0.29, 0.717) is 0 Å². The van der Waals surface area contributed by atoms with Crippen molar-refractivity contribution in [3.05, 3.63) is 0 Å². The summed E-state index contributed by atoms with van der Waals surface area (Å²) in [6.45, 7) is 6.22. The summed E-state index contributed by atoms with van der Waals surface area (Å²) in [5, 5.41) is 0. The fourth-order valence-electron chi connectivity index (χ4n) is 1.67. The first-order valence-electron chi connectivity index (χ1n) is 5.68. The lowest BCUT2D eigenvalue weighted by molar-refractivity contribution is -0.106. The lowest BCUT2D eigenvalue weighted by atomic mass is 10.0. The predicted octanol–water partition coefficient (Wildman–Crippen LogP) is 3.00. The van der Waals surface area contributed by atoms with Crippen molar-refractivity contribution < 1.29 is 4.79 Å². The van der Waals surface area contributed by atoms with Gasteiger partial charge in [-0.15, -0.1) is 0 Å². The summed E-state index contributed by atoms with van der Waals surface area (Å²) in [5.74, 6) is 2.02. The quantitative estimate of drug-likeness (QED) is 0.483. The number of hydrogen-bond donors (Lipinski definition) is 1. The highest BCUT2D eigenvalue weighted by Gasteiger charge is 2.11. The van der Waals surface area contributed by atoms with Crippen LogP contribution in [0.3, 0.4) is 0 Å². The van der Waals surface area contributed by atoms with Crippen LogP contribution in [-0.4, -0.2) is 13.3 Å². The monoisotopic (exact) mass is 201 g/mol. The molecule has 2 atom stereocenters. The maximum absolute atomic E-state index is 8.81. The molecule has 1 saturated carbocycles. The third-order valence-corrected chi connectivity index (χ3v) is 2.55. The second kappa shape index (κ2) is 12.6. The van der Waals surface area contributed by atoms with Gasteiger partial charge in [-0.2, -0.15) is 0 Å². The van der Waals surface area contributed by atoms with Crippen LogP contribution < -0.4 is 5.73 Å². The van der Waals surface area contributed by atoms with Gasteiger partial charge in [0.25, 0.3) is 0 Å². The maximum atomic E-state index is 8.81. The Hall–Kier alpha value is -0.370. The van der Waals surface area contributed by atoms with Crippen molar-refractivity contribution in [1.29, 1.82) is 0 Å². The predicted molar refractivity (Wildman–Crippen MR) is 63.3 cm³/mol. The number of aldehydes is 1. The van der Waals surface area contributed by atoms with Crippen molar-refractivity contribution in [2.24, 2.45) is 17.6 Å². The Kier molecular flexibility index (Phi) is 14.5. The molecule has 0 aromatic rings. The smallest absolute Gasteiger partial charge is 0.116 e. The van der Waals surface area contributed by atoms with E-state index in [0.717, 1.165) is 18.1 Å². The molecule has 86 valence electrons. The molecule has 1 aliphatic rings. The summed E-state index contributed by atoms with van der Waals surface area (Å²) in [7, 11) is 1.50. The minimum absolute atomic E-state index is 0.750. The molecule has 0 aliphatic heterocycles. The minimum Gasteiger partial charge on any atom is -0.333 e. The summed E-state index contributed by atoms with van der Waals surface area (Å²) in [6, 6.07) is 0. The Morgan fingerprint density at radius 1 is 1.00 bits per heavy atom. The number of rotatable bonds is 0. The molecule has 2 N–H and O–H groups in total. The number of nitrogens with two attached hydrogens (primary N) is 1.